The number of hydrogen-bond acceptors (Lipinski definition) is 2. The summed E-state index contributed by atoms with van der Waals surface area (Å²) in [6.45, 7) is 2.92. The van der Waals surface area contributed by atoms with Crippen molar-refractivity contribution < 1.29 is 0 Å². The quantitative estimate of drug-likeness (QED) is 0.734. The van der Waals surface area contributed by atoms with Crippen molar-refractivity contribution in [2.45, 2.75) is 0 Å². The van der Waals surface area contributed by atoms with E-state index in [1.54, 1.807) is 0 Å². The van der Waals surface area contributed by atoms with E-state index in [1.165, 1.54) is 0 Å². The fourth-order valence-corrected chi connectivity index (χ4v) is 1.22. The first-order chi connectivity index (χ1) is 7.45. The van der Waals surface area contributed by atoms with Crippen molar-refractivity contribution in [2.75, 3.05) is 10.6 Å². The number of para-hydroxylation sites is 2. The van der Waals surface area contributed by atoms with Gasteiger partial charge in [0.25, 0.3) is 0 Å². The lowest BCUT2D eigenvalue weighted by Crippen LogP contribution is -2.03. The number of anilines is 2. The van der Waals surface area contributed by atoms with Gasteiger partial charge in [-0.25, -0.2) is 0 Å². The lowest BCUT2D eigenvalue weighted by Gasteiger charge is -2.06. The molecule has 2 heteroatoms. The van der Waals surface area contributed by atoms with Gasteiger partial charge in [0.15, 0.2) is 0 Å². The zero-order valence-electron chi connectivity index (χ0n) is 8.27. The summed E-state index contributed by atoms with van der Waals surface area (Å²) in [4.78, 5) is 0. The highest BCUT2D eigenvalue weighted by atomic mass is 15.1. The van der Waals surface area contributed by atoms with Gasteiger partial charge in [-0.3, -0.25) is 0 Å². The van der Waals surface area contributed by atoms with Gasteiger partial charge in [0.1, 0.15) is 0 Å². The second-order valence-corrected chi connectivity index (χ2v) is 3.11. The molecule has 0 amide bonds. The molecule has 0 aliphatic heterocycles. The second kappa shape index (κ2) is 5.05. The molecule has 0 fully saturated rings. The van der Waals surface area contributed by atoms with Crippen LogP contribution in [0.5, 0.6) is 0 Å². The Balaban J connectivity index is 1.81. The molecular weight excluding hydrogens is 184 g/mol. The molecule has 2 radical (unpaired) electrons. The van der Waals surface area contributed by atoms with E-state index >= 15 is 0 Å². The standard InChI is InChI=1S/C13H12N2/c1-3-7-12(8-4-1)14-11-15-13-9-5-2-6-10-13/h1-10,14-15H. The van der Waals surface area contributed by atoms with Crippen LogP contribution in [0.15, 0.2) is 60.7 Å². The van der Waals surface area contributed by atoms with Crippen LogP contribution in [0.2, 0.25) is 0 Å². The lowest BCUT2D eigenvalue weighted by atomic mass is 10.3. The summed E-state index contributed by atoms with van der Waals surface area (Å²) in [6, 6.07) is 19.8. The minimum Gasteiger partial charge on any atom is -0.356 e. The van der Waals surface area contributed by atoms with Crippen molar-refractivity contribution >= 4 is 11.4 Å². The molecule has 0 saturated heterocycles. The molecule has 0 saturated carbocycles. The average Bonchev–Trinajstić information content (AvgIpc) is 2.32. The maximum absolute atomic E-state index is 3.03. The molecule has 2 rings (SSSR count). The number of nitrogens with one attached hydrogen (secondary N) is 2. The summed E-state index contributed by atoms with van der Waals surface area (Å²) < 4.78 is 0. The van der Waals surface area contributed by atoms with Crippen molar-refractivity contribution in [3.05, 3.63) is 67.3 Å². The molecule has 74 valence electrons. The van der Waals surface area contributed by atoms with Gasteiger partial charge in [-0.2, -0.15) is 0 Å². The molecule has 0 aliphatic carbocycles. The van der Waals surface area contributed by atoms with E-state index in [0.29, 0.717) is 0 Å². The zero-order chi connectivity index (χ0) is 10.3. The van der Waals surface area contributed by atoms with Crippen LogP contribution in [0.1, 0.15) is 0 Å². The molecule has 2 nitrogen and oxygen atoms in total. The number of benzene rings is 2. The molecule has 0 atom stereocenters. The molecule has 0 aliphatic rings. The van der Waals surface area contributed by atoms with Gasteiger partial charge in [-0.15, -0.1) is 0 Å². The van der Waals surface area contributed by atoms with Crippen molar-refractivity contribution in [2.24, 2.45) is 0 Å². The van der Waals surface area contributed by atoms with Crippen LogP contribution in [0, 0.1) is 6.67 Å². The average molecular weight is 196 g/mol. The molecule has 2 N–H and O–H groups in total. The Bertz CT molecular complexity index is 344. The minimum atomic E-state index is 1.01. The third-order valence-corrected chi connectivity index (χ3v) is 1.96. The third-order valence-electron chi connectivity index (χ3n) is 1.96. The van der Waals surface area contributed by atoms with Gasteiger partial charge in [0.05, 0.1) is 0 Å². The summed E-state index contributed by atoms with van der Waals surface area (Å²) in [6.07, 6.45) is 0. The number of rotatable bonds is 4. The Morgan fingerprint density at radius 1 is 0.600 bits per heavy atom. The molecule has 15 heavy (non-hydrogen) atoms. The fourth-order valence-electron chi connectivity index (χ4n) is 1.22. The number of hydrogen-bond donors (Lipinski definition) is 2. The molecule has 0 spiro atoms. The Labute approximate surface area is 90.0 Å². The molecule has 2 aromatic rings. The summed E-state index contributed by atoms with van der Waals surface area (Å²) in [5.41, 5.74) is 2.03. The topological polar surface area (TPSA) is 24.1 Å². The zero-order valence-corrected chi connectivity index (χ0v) is 8.27. The van der Waals surface area contributed by atoms with E-state index in [-0.39, 0.29) is 0 Å². The van der Waals surface area contributed by atoms with Gasteiger partial charge in [-0.1, -0.05) is 36.4 Å². The van der Waals surface area contributed by atoms with Gasteiger partial charge < -0.3 is 10.6 Å². The third kappa shape index (κ3) is 3.02. The predicted octanol–water partition coefficient (Wildman–Crippen LogP) is 3.21. The van der Waals surface area contributed by atoms with Crippen LogP contribution in [0.25, 0.3) is 0 Å². The Kier molecular flexibility index (Phi) is 3.23. The predicted molar refractivity (Wildman–Crippen MR) is 63.4 cm³/mol. The smallest absolute Gasteiger partial charge is 0.202 e. The molecule has 0 unspecified atom stereocenters. The molecule has 2 aromatic carbocycles. The van der Waals surface area contributed by atoms with E-state index in [9.17, 15) is 0 Å². The Hall–Kier alpha value is -1.96. The first-order valence-electron chi connectivity index (χ1n) is 4.82. The van der Waals surface area contributed by atoms with E-state index in [2.05, 4.69) is 17.3 Å². The molecule has 0 heterocycles. The van der Waals surface area contributed by atoms with Gasteiger partial charge in [-0.05, 0) is 24.3 Å². The minimum absolute atomic E-state index is 1.01. The van der Waals surface area contributed by atoms with E-state index in [4.69, 9.17) is 0 Å². The van der Waals surface area contributed by atoms with Crippen LogP contribution in [-0.4, -0.2) is 0 Å². The van der Waals surface area contributed by atoms with Crippen LogP contribution in [0.3, 0.4) is 0 Å². The van der Waals surface area contributed by atoms with Crippen LogP contribution in [0.4, 0.5) is 11.4 Å². The highest BCUT2D eigenvalue weighted by Crippen LogP contribution is 2.08. The molecule has 0 aromatic heterocycles. The van der Waals surface area contributed by atoms with Gasteiger partial charge >= 0.3 is 0 Å². The monoisotopic (exact) mass is 196 g/mol. The fraction of sp³-hybridized carbons (Fsp3) is 0. The second-order valence-electron chi connectivity index (χ2n) is 3.11. The highest BCUT2D eigenvalue weighted by Gasteiger charge is 1.91. The van der Waals surface area contributed by atoms with Crippen LogP contribution < -0.4 is 10.6 Å². The maximum atomic E-state index is 3.03. The molecule has 0 bridgehead atoms. The summed E-state index contributed by atoms with van der Waals surface area (Å²) in [5.74, 6) is 0. The first-order valence-corrected chi connectivity index (χ1v) is 4.82. The Morgan fingerprint density at radius 3 is 1.40 bits per heavy atom. The van der Waals surface area contributed by atoms with E-state index in [1.807, 2.05) is 60.7 Å². The van der Waals surface area contributed by atoms with Crippen molar-refractivity contribution in [3.8, 4) is 0 Å². The maximum Gasteiger partial charge on any atom is 0.202 e. The van der Waals surface area contributed by atoms with Crippen molar-refractivity contribution in [3.63, 3.8) is 0 Å². The van der Waals surface area contributed by atoms with E-state index in [0.717, 1.165) is 11.4 Å². The van der Waals surface area contributed by atoms with Gasteiger partial charge in [0, 0.05) is 11.4 Å². The highest BCUT2D eigenvalue weighted by molar-refractivity contribution is 5.49. The summed E-state index contributed by atoms with van der Waals surface area (Å²) >= 11 is 0. The normalized spacial score (nSPS) is 9.60. The Morgan fingerprint density at radius 2 is 1.00 bits per heavy atom. The summed E-state index contributed by atoms with van der Waals surface area (Å²) in [5, 5.41) is 6.06. The molecular formula is C13H12N2. The lowest BCUT2D eigenvalue weighted by molar-refractivity contribution is 1.37. The van der Waals surface area contributed by atoms with Crippen LogP contribution >= 0.6 is 0 Å². The summed E-state index contributed by atoms with van der Waals surface area (Å²) in [7, 11) is 0. The van der Waals surface area contributed by atoms with Crippen molar-refractivity contribution in [1.29, 1.82) is 0 Å². The largest absolute Gasteiger partial charge is 0.356 e. The van der Waals surface area contributed by atoms with Crippen molar-refractivity contribution in [1.82, 2.24) is 0 Å². The van der Waals surface area contributed by atoms with Crippen LogP contribution in [-0.2, 0) is 0 Å². The van der Waals surface area contributed by atoms with E-state index < -0.39 is 0 Å². The SMILES string of the molecule is [C](Nc1ccccc1)Nc1ccccc1. The van der Waals surface area contributed by atoms with Gasteiger partial charge in [0.2, 0.25) is 6.67 Å². The first kappa shape index (κ1) is 9.59.